The third kappa shape index (κ3) is 0.810. The van der Waals surface area contributed by atoms with Crippen LogP contribution in [-0.4, -0.2) is 25.0 Å². The van der Waals surface area contributed by atoms with Gasteiger partial charge in [0.1, 0.15) is 0 Å². The highest BCUT2D eigenvalue weighted by Crippen LogP contribution is 1.94. The van der Waals surface area contributed by atoms with Crippen molar-refractivity contribution in [1.82, 2.24) is 25.0 Å². The van der Waals surface area contributed by atoms with Crippen LogP contribution in [0.1, 0.15) is 6.92 Å². The monoisotopic (exact) mass is 165 g/mol. The molecule has 0 aliphatic heterocycles. The lowest BCUT2D eigenvalue weighted by Gasteiger charge is -1.95. The second-order valence-electron chi connectivity index (χ2n) is 2.31. The molecular weight excluding hydrogens is 158 g/mol. The van der Waals surface area contributed by atoms with E-state index in [1.54, 1.807) is 0 Å². The number of rotatable bonds is 1. The smallest absolute Gasteiger partial charge is 0.295 e. The molecule has 0 aromatic carbocycles. The Hall–Kier alpha value is -1.72. The quantitative estimate of drug-likeness (QED) is 0.620. The van der Waals surface area contributed by atoms with Crippen molar-refractivity contribution in [2.75, 3.05) is 0 Å². The molecule has 0 atom stereocenters. The van der Waals surface area contributed by atoms with E-state index in [9.17, 15) is 4.79 Å². The lowest BCUT2D eigenvalue weighted by atomic mass is 10.5. The van der Waals surface area contributed by atoms with Gasteiger partial charge in [-0.05, 0) is 6.92 Å². The van der Waals surface area contributed by atoms with E-state index >= 15 is 0 Å². The van der Waals surface area contributed by atoms with Crippen LogP contribution in [0.25, 0.3) is 11.2 Å². The van der Waals surface area contributed by atoms with E-state index in [2.05, 4.69) is 20.3 Å². The van der Waals surface area contributed by atoms with Crippen molar-refractivity contribution < 1.29 is 0 Å². The Bertz CT molecular complexity index is 456. The van der Waals surface area contributed by atoms with E-state index in [4.69, 9.17) is 0 Å². The van der Waals surface area contributed by atoms with Gasteiger partial charge in [-0.25, -0.2) is 9.67 Å². The molecule has 0 fully saturated rings. The van der Waals surface area contributed by atoms with E-state index in [0.717, 1.165) is 0 Å². The van der Waals surface area contributed by atoms with Crippen molar-refractivity contribution in [2.45, 2.75) is 13.5 Å². The van der Waals surface area contributed by atoms with E-state index in [-0.39, 0.29) is 5.56 Å². The summed E-state index contributed by atoms with van der Waals surface area (Å²) in [5.74, 6) is 0. The molecule has 0 bridgehead atoms. The molecule has 62 valence electrons. The summed E-state index contributed by atoms with van der Waals surface area (Å²) >= 11 is 0. The number of aromatic amines is 1. The van der Waals surface area contributed by atoms with Crippen LogP contribution in [0, 0.1) is 0 Å². The Morgan fingerprint density at radius 1 is 1.67 bits per heavy atom. The maximum atomic E-state index is 11.4. The molecule has 6 heteroatoms. The lowest BCUT2D eigenvalue weighted by molar-refractivity contribution is 0.579. The van der Waals surface area contributed by atoms with Gasteiger partial charge in [0.2, 0.25) is 5.65 Å². The first-order valence-corrected chi connectivity index (χ1v) is 3.60. The van der Waals surface area contributed by atoms with E-state index in [1.807, 2.05) is 6.92 Å². The zero-order valence-corrected chi connectivity index (χ0v) is 6.48. The predicted molar refractivity (Wildman–Crippen MR) is 41.6 cm³/mol. The van der Waals surface area contributed by atoms with Gasteiger partial charge in [0.25, 0.3) is 5.56 Å². The van der Waals surface area contributed by atoms with E-state index < -0.39 is 0 Å². The molecule has 0 radical (unpaired) electrons. The Morgan fingerprint density at radius 3 is 3.25 bits per heavy atom. The summed E-state index contributed by atoms with van der Waals surface area (Å²) in [6, 6.07) is 0. The van der Waals surface area contributed by atoms with Crippen molar-refractivity contribution in [3.63, 3.8) is 0 Å². The van der Waals surface area contributed by atoms with Gasteiger partial charge < -0.3 is 4.98 Å². The molecule has 0 aliphatic carbocycles. The fourth-order valence-electron chi connectivity index (χ4n) is 0.993. The number of aromatic nitrogens is 5. The minimum Gasteiger partial charge on any atom is -0.339 e. The number of aryl methyl sites for hydroxylation is 1. The standard InChI is InChI=1S/C6H7N5O/c1-2-11-6(12)4-5(9-10-11)8-3-7-4/h3H,2H2,1H3,(H,7,8). The van der Waals surface area contributed by atoms with Crippen LogP contribution in [0.15, 0.2) is 11.1 Å². The Labute approximate surface area is 67.2 Å². The Balaban J connectivity index is 2.88. The highest BCUT2D eigenvalue weighted by atomic mass is 16.1. The molecule has 2 rings (SSSR count). The third-order valence-corrected chi connectivity index (χ3v) is 1.61. The Kier molecular flexibility index (Phi) is 1.39. The number of fused-ring (bicyclic) bond motifs is 1. The first-order chi connectivity index (χ1) is 5.83. The van der Waals surface area contributed by atoms with Crippen molar-refractivity contribution in [3.8, 4) is 0 Å². The third-order valence-electron chi connectivity index (χ3n) is 1.61. The highest BCUT2D eigenvalue weighted by molar-refractivity contribution is 5.66. The van der Waals surface area contributed by atoms with Gasteiger partial charge in [-0.1, -0.05) is 5.21 Å². The fourth-order valence-corrected chi connectivity index (χ4v) is 0.993. The summed E-state index contributed by atoms with van der Waals surface area (Å²) in [4.78, 5) is 17.9. The fraction of sp³-hybridized carbons (Fsp3) is 0.333. The van der Waals surface area contributed by atoms with Gasteiger partial charge in [0, 0.05) is 6.54 Å². The largest absolute Gasteiger partial charge is 0.339 e. The van der Waals surface area contributed by atoms with Gasteiger partial charge in [0.15, 0.2) is 5.52 Å². The SMILES string of the molecule is CCn1nnc2nc[nH]c2c1=O. The van der Waals surface area contributed by atoms with Gasteiger partial charge in [-0.2, -0.15) is 0 Å². The average Bonchev–Trinajstić information content (AvgIpc) is 2.53. The zero-order valence-electron chi connectivity index (χ0n) is 6.48. The molecule has 12 heavy (non-hydrogen) atoms. The Morgan fingerprint density at radius 2 is 2.50 bits per heavy atom. The number of nitrogens with one attached hydrogen (secondary N) is 1. The maximum absolute atomic E-state index is 11.4. The molecule has 0 saturated carbocycles. The minimum atomic E-state index is -0.181. The molecule has 0 spiro atoms. The van der Waals surface area contributed by atoms with Crippen molar-refractivity contribution in [2.24, 2.45) is 0 Å². The summed E-state index contributed by atoms with van der Waals surface area (Å²) in [6.07, 6.45) is 1.43. The number of imidazole rings is 1. The van der Waals surface area contributed by atoms with Crippen molar-refractivity contribution in [1.29, 1.82) is 0 Å². The summed E-state index contributed by atoms with van der Waals surface area (Å²) in [6.45, 7) is 2.35. The number of hydrogen-bond acceptors (Lipinski definition) is 4. The zero-order chi connectivity index (χ0) is 8.55. The highest BCUT2D eigenvalue weighted by Gasteiger charge is 2.04. The summed E-state index contributed by atoms with van der Waals surface area (Å²) in [5, 5.41) is 7.41. The number of nitrogens with zero attached hydrogens (tertiary/aromatic N) is 4. The van der Waals surface area contributed by atoms with Crippen LogP contribution in [-0.2, 0) is 6.54 Å². The van der Waals surface area contributed by atoms with Gasteiger partial charge in [0.05, 0.1) is 6.33 Å². The summed E-state index contributed by atoms with van der Waals surface area (Å²) in [5.41, 5.74) is 0.594. The summed E-state index contributed by atoms with van der Waals surface area (Å²) in [7, 11) is 0. The van der Waals surface area contributed by atoms with Crippen LogP contribution in [0.5, 0.6) is 0 Å². The normalized spacial score (nSPS) is 10.8. The first-order valence-electron chi connectivity index (χ1n) is 3.60. The molecular formula is C6H7N5O. The molecule has 0 unspecified atom stereocenters. The van der Waals surface area contributed by atoms with Crippen LogP contribution in [0.3, 0.4) is 0 Å². The topological polar surface area (TPSA) is 76.5 Å². The number of hydrogen-bond donors (Lipinski definition) is 1. The minimum absolute atomic E-state index is 0.181. The molecule has 2 aromatic heterocycles. The van der Waals surface area contributed by atoms with Crippen molar-refractivity contribution in [3.05, 3.63) is 16.7 Å². The summed E-state index contributed by atoms with van der Waals surface area (Å²) < 4.78 is 1.28. The van der Waals surface area contributed by atoms with E-state index in [1.165, 1.54) is 11.0 Å². The first kappa shape index (κ1) is 6.96. The van der Waals surface area contributed by atoms with Crippen LogP contribution in [0.4, 0.5) is 0 Å². The van der Waals surface area contributed by atoms with E-state index in [0.29, 0.717) is 17.7 Å². The van der Waals surface area contributed by atoms with Gasteiger partial charge in [-0.15, -0.1) is 5.10 Å². The van der Waals surface area contributed by atoms with Crippen LogP contribution < -0.4 is 5.56 Å². The molecule has 0 saturated heterocycles. The molecule has 2 aromatic rings. The molecule has 1 N–H and O–H groups in total. The lowest BCUT2D eigenvalue weighted by Crippen LogP contribution is -2.23. The van der Waals surface area contributed by atoms with Crippen molar-refractivity contribution >= 4 is 11.2 Å². The van der Waals surface area contributed by atoms with Gasteiger partial charge in [-0.3, -0.25) is 4.79 Å². The second-order valence-corrected chi connectivity index (χ2v) is 2.31. The maximum Gasteiger partial charge on any atom is 0.295 e. The second kappa shape index (κ2) is 2.40. The number of H-pyrrole nitrogens is 1. The molecule has 6 nitrogen and oxygen atoms in total. The van der Waals surface area contributed by atoms with Gasteiger partial charge >= 0.3 is 0 Å². The molecule has 2 heterocycles. The molecule has 0 aliphatic rings. The average molecular weight is 165 g/mol. The predicted octanol–water partition coefficient (Wildman–Crippen LogP) is -0.465. The van der Waals surface area contributed by atoms with Crippen LogP contribution >= 0.6 is 0 Å². The van der Waals surface area contributed by atoms with Crippen LogP contribution in [0.2, 0.25) is 0 Å². The molecule has 0 amide bonds.